The molecule has 0 radical (unpaired) electrons. The second-order valence-corrected chi connectivity index (χ2v) is 8.14. The summed E-state index contributed by atoms with van der Waals surface area (Å²) in [4.78, 5) is 0. The van der Waals surface area contributed by atoms with Gasteiger partial charge in [-0.2, -0.15) is 0 Å². The van der Waals surface area contributed by atoms with E-state index < -0.39 is 12.3 Å². The number of hydrogen-bond acceptors (Lipinski definition) is 0. The van der Waals surface area contributed by atoms with Crippen LogP contribution in [-0.2, 0) is 19.3 Å². The van der Waals surface area contributed by atoms with Gasteiger partial charge in [-0.1, -0.05) is 42.9 Å². The molecule has 0 heterocycles. The molecule has 1 rings (SSSR count). The zero-order valence-corrected chi connectivity index (χ0v) is 16.7. The zero-order chi connectivity index (χ0) is 11.4. The molecule has 0 nitrogen and oxygen atoms in total. The Morgan fingerprint density at radius 2 is 1.39 bits per heavy atom. The minimum absolute atomic E-state index is 0. The first kappa shape index (κ1) is 24.7. The summed E-state index contributed by atoms with van der Waals surface area (Å²) in [5, 5.41) is 0. The van der Waals surface area contributed by atoms with E-state index in [1.54, 1.807) is 0 Å². The first-order valence-corrected chi connectivity index (χ1v) is 9.64. The molecule has 0 saturated heterocycles. The van der Waals surface area contributed by atoms with Crippen molar-refractivity contribution in [3.8, 4) is 0 Å². The van der Waals surface area contributed by atoms with Crippen molar-refractivity contribution < 1.29 is 24.8 Å². The molecule has 0 atom stereocenters. The van der Waals surface area contributed by atoms with E-state index in [0.717, 1.165) is 19.3 Å². The van der Waals surface area contributed by atoms with Crippen LogP contribution < -0.4 is 29.2 Å². The van der Waals surface area contributed by atoms with Crippen LogP contribution in [0.15, 0.2) is 12.1 Å². The summed E-state index contributed by atoms with van der Waals surface area (Å²) in [7, 11) is 12.2. The molecule has 0 aliphatic heterocycles. The molecule has 0 aliphatic carbocycles. The van der Waals surface area contributed by atoms with Crippen LogP contribution in [0, 0.1) is 0 Å². The van der Waals surface area contributed by atoms with E-state index in [-0.39, 0.29) is 47.9 Å². The number of aryl methyl sites for hydroxylation is 1. The molecule has 0 fully saturated rings. The van der Waals surface area contributed by atoms with Gasteiger partial charge in [-0.15, -0.1) is 0 Å². The van der Waals surface area contributed by atoms with Gasteiger partial charge in [0.2, 0.25) is 0 Å². The van der Waals surface area contributed by atoms with Crippen molar-refractivity contribution in [1.82, 2.24) is 0 Å². The quantitative estimate of drug-likeness (QED) is 0.512. The predicted octanol–water partition coefficient (Wildman–Crippen LogP) is -2.83. The van der Waals surface area contributed by atoms with Crippen molar-refractivity contribution in [3.63, 3.8) is 0 Å². The fourth-order valence-electron chi connectivity index (χ4n) is 2.15. The zero-order valence-electron chi connectivity index (χ0n) is 11.1. The summed E-state index contributed by atoms with van der Waals surface area (Å²) in [6.45, 7) is 6.59. The second-order valence-electron chi connectivity index (χ2n) is 3.63. The second kappa shape index (κ2) is 12.4. The molecule has 0 unspecified atom stereocenters. The van der Waals surface area contributed by atoms with Crippen LogP contribution in [-0.4, -0.2) is 35.4 Å². The number of rotatable bonds is 4. The van der Waals surface area contributed by atoms with E-state index in [9.17, 15) is 0 Å². The molecule has 0 aromatic heterocycles. The fourth-order valence-corrected chi connectivity index (χ4v) is 4.26. The van der Waals surface area contributed by atoms with Crippen LogP contribution in [0.5, 0.6) is 0 Å². The Bertz CT molecular complexity index is 345. The average Bonchev–Trinajstić information content (AvgIpc) is 2.26. The maximum absolute atomic E-state index is 6.12. The topological polar surface area (TPSA) is 0 Å². The van der Waals surface area contributed by atoms with E-state index in [2.05, 4.69) is 32.9 Å². The van der Waals surface area contributed by atoms with Crippen LogP contribution >= 0.6 is 20.1 Å². The Hall–Kier alpha value is 1.68. The first-order valence-electron chi connectivity index (χ1n) is 5.57. The number of hydrogen-bond donors (Lipinski definition) is 0. The summed E-state index contributed by atoms with van der Waals surface area (Å²) in [6.07, 6.45) is 3.21. The van der Waals surface area contributed by atoms with Crippen LogP contribution in [0.25, 0.3) is 0 Å². The number of halogens is 4. The Balaban J connectivity index is -0.000000750. The summed E-state index contributed by atoms with van der Waals surface area (Å²) in [5.74, 6) is 0. The van der Waals surface area contributed by atoms with Crippen molar-refractivity contribution in [2.75, 3.05) is 0 Å². The third-order valence-electron chi connectivity index (χ3n) is 2.89. The van der Waals surface area contributed by atoms with Gasteiger partial charge in [0, 0.05) is 0 Å². The van der Waals surface area contributed by atoms with Crippen molar-refractivity contribution >= 4 is 59.9 Å². The van der Waals surface area contributed by atoms with Crippen molar-refractivity contribution in [2.24, 2.45) is 0 Å². The van der Waals surface area contributed by atoms with Gasteiger partial charge in [0.05, 0.1) is 0 Å². The van der Waals surface area contributed by atoms with E-state index in [1.165, 1.54) is 21.1 Å². The van der Waals surface area contributed by atoms with Crippen molar-refractivity contribution in [2.45, 2.75) is 40.0 Å². The van der Waals surface area contributed by atoms with Crippen molar-refractivity contribution in [3.05, 3.63) is 28.8 Å². The minimum atomic E-state index is -1.72. The van der Waals surface area contributed by atoms with Gasteiger partial charge in [0.1, 0.15) is 0 Å². The Kier molecular flexibility index (Phi) is 17.0. The molecule has 0 amide bonds. The molecule has 1 aromatic rings. The van der Waals surface area contributed by atoms with E-state index in [1.807, 2.05) is 0 Å². The van der Waals surface area contributed by atoms with Gasteiger partial charge < -0.3 is 24.8 Å². The van der Waals surface area contributed by atoms with E-state index in [0.29, 0.717) is 0 Å². The summed E-state index contributed by atoms with van der Waals surface area (Å²) >= 11 is -1.72. The van der Waals surface area contributed by atoms with E-state index >= 15 is 0 Å². The maximum atomic E-state index is 6.12. The molecule has 6 heteroatoms. The Morgan fingerprint density at radius 1 is 0.889 bits per heavy atom. The van der Waals surface area contributed by atoms with Crippen LogP contribution in [0.1, 0.15) is 37.5 Å². The monoisotopic (exact) mass is 352 g/mol. The van der Waals surface area contributed by atoms with Gasteiger partial charge in [-0.05, 0) is 30.4 Å². The smallest absolute Gasteiger partial charge is 1.00 e. The van der Waals surface area contributed by atoms with Gasteiger partial charge in [-0.3, -0.25) is 0 Å². The molecule has 0 saturated carbocycles. The summed E-state index contributed by atoms with van der Waals surface area (Å²) in [6, 6.07) is 4.33. The molecule has 1 aromatic carbocycles. The molecular formula is C12H17AlCl4Mg. The average molecular weight is 354 g/mol. The molecular weight excluding hydrogens is 337 g/mol. The molecule has 18 heavy (non-hydrogen) atoms. The van der Waals surface area contributed by atoms with Crippen LogP contribution in [0.2, 0.25) is 0 Å². The maximum Gasteiger partial charge on any atom is 2.00 e. The molecule has 0 bridgehead atoms. The Labute approximate surface area is 152 Å². The molecule has 0 N–H and O–H groups in total. The predicted molar refractivity (Wildman–Crippen MR) is 77.4 cm³/mol. The first-order chi connectivity index (χ1) is 7.15. The largest absolute Gasteiger partial charge is 2.00 e. The van der Waals surface area contributed by atoms with E-state index in [4.69, 9.17) is 20.1 Å². The minimum Gasteiger partial charge on any atom is -1.00 e. The summed E-state index contributed by atoms with van der Waals surface area (Å²) in [5.41, 5.74) is 4.32. The Morgan fingerprint density at radius 3 is 1.72 bits per heavy atom. The van der Waals surface area contributed by atoms with Crippen LogP contribution in [0.4, 0.5) is 0 Å². The standard InChI is InChI=1S/C12H17.Al.4ClH.Mg/c1-4-10-8-7-9-11(5-2)12(10)6-3;;;;;;/h7-8H,4-6H2,1-3H3;;4*1H;/q;+2;;;;;+2/p-4. The van der Waals surface area contributed by atoms with Gasteiger partial charge in [0.15, 0.2) is 0 Å². The van der Waals surface area contributed by atoms with Gasteiger partial charge in [-0.25, -0.2) is 20.1 Å². The molecule has 98 valence electrons. The third kappa shape index (κ3) is 5.98. The SMILES string of the molecule is CCc1cc[c]([Al]([Cl])[Cl])c(CC)c1CC.[Cl-].[Cl-].[Mg+2]. The summed E-state index contributed by atoms with van der Waals surface area (Å²) < 4.78 is 1.22. The molecule has 0 aliphatic rings. The fraction of sp³-hybridized carbons (Fsp3) is 0.500. The number of benzene rings is 1. The van der Waals surface area contributed by atoms with Gasteiger partial charge >= 0.3 is 35.4 Å². The van der Waals surface area contributed by atoms with Gasteiger partial charge in [0.25, 0.3) is 0 Å². The normalized spacial score (nSPS) is 8.72. The molecule has 0 spiro atoms. The third-order valence-corrected chi connectivity index (χ3v) is 5.31. The van der Waals surface area contributed by atoms with Crippen molar-refractivity contribution in [1.29, 1.82) is 0 Å². The van der Waals surface area contributed by atoms with Crippen LogP contribution in [0.3, 0.4) is 0 Å².